The maximum atomic E-state index is 11.6. The molecule has 0 fully saturated rings. The smallest absolute Gasteiger partial charge is 0.394 e. The Morgan fingerprint density at radius 1 is 1.18 bits per heavy atom. The topological polar surface area (TPSA) is 124 Å². The van der Waals surface area contributed by atoms with Crippen molar-refractivity contribution in [2.45, 2.75) is 39.7 Å². The van der Waals surface area contributed by atoms with E-state index in [1.165, 1.54) is 6.92 Å². The number of amides is 1. The highest BCUT2D eigenvalue weighted by Crippen LogP contribution is 2.25. The normalized spacial score (nSPS) is 15.1. The van der Waals surface area contributed by atoms with Gasteiger partial charge < -0.3 is 20.6 Å². The maximum absolute atomic E-state index is 11.6. The van der Waals surface area contributed by atoms with E-state index >= 15 is 0 Å². The van der Waals surface area contributed by atoms with E-state index in [2.05, 4.69) is 5.32 Å². The number of carboxylic acids is 2. The van der Waals surface area contributed by atoms with E-state index in [1.54, 1.807) is 0 Å². The molecule has 1 amide bonds. The van der Waals surface area contributed by atoms with Gasteiger partial charge in [-0.2, -0.15) is 0 Å². The molecule has 0 saturated heterocycles. The molecule has 0 aliphatic heterocycles. The third-order valence-corrected chi connectivity index (χ3v) is 4.52. The number of benzene rings is 1. The van der Waals surface area contributed by atoms with Crippen molar-refractivity contribution in [1.82, 2.24) is 5.32 Å². The van der Waals surface area contributed by atoms with Crippen molar-refractivity contribution < 1.29 is 29.7 Å². The molecule has 0 heterocycles. The Labute approximate surface area is 164 Å². The summed E-state index contributed by atoms with van der Waals surface area (Å²) in [7, 11) is 0. The van der Waals surface area contributed by atoms with Gasteiger partial charge >= 0.3 is 17.8 Å². The van der Waals surface area contributed by atoms with E-state index in [4.69, 9.17) is 5.11 Å². The van der Waals surface area contributed by atoms with Gasteiger partial charge in [-0.05, 0) is 50.3 Å². The van der Waals surface area contributed by atoms with Crippen LogP contribution in [0.2, 0.25) is 0 Å². The Bertz CT molecular complexity index is 766. The quantitative estimate of drug-likeness (QED) is 0.379. The van der Waals surface area contributed by atoms with Gasteiger partial charge in [0.1, 0.15) is 0 Å². The van der Waals surface area contributed by atoms with Crippen molar-refractivity contribution in [3.05, 3.63) is 53.6 Å². The SMILES string of the molecule is C/C=C\C=C(/C)c1ccc(C[C@H](C[C@@](C)(CO)C(=O)O)NC(=O)C(=O)O)cc1. The standard InChI is InChI=1S/C21H27NO6/c1-4-5-6-14(2)16-9-7-15(8-10-16)11-17(22-18(24)19(25)26)12-21(3,13-23)20(27)28/h4-10,17,23H,11-13H2,1-3H3,(H,22,24)(H,25,26)(H,27,28)/b5-4-,14-6+/t17-,21+/m1/s1. The first-order valence-corrected chi connectivity index (χ1v) is 8.90. The van der Waals surface area contributed by atoms with Gasteiger partial charge in [-0.15, -0.1) is 0 Å². The van der Waals surface area contributed by atoms with Crippen molar-refractivity contribution in [1.29, 1.82) is 0 Å². The predicted molar refractivity (Wildman–Crippen MR) is 106 cm³/mol. The maximum Gasteiger partial charge on any atom is 0.394 e. The molecule has 1 aromatic carbocycles. The average Bonchev–Trinajstić information content (AvgIpc) is 2.66. The van der Waals surface area contributed by atoms with Crippen LogP contribution >= 0.6 is 0 Å². The van der Waals surface area contributed by atoms with E-state index in [0.717, 1.165) is 16.7 Å². The molecule has 2 atom stereocenters. The fraction of sp³-hybridized carbons (Fsp3) is 0.381. The number of hydrogen-bond acceptors (Lipinski definition) is 4. The summed E-state index contributed by atoms with van der Waals surface area (Å²) < 4.78 is 0. The number of nitrogens with one attached hydrogen (secondary N) is 1. The van der Waals surface area contributed by atoms with Gasteiger partial charge in [0.05, 0.1) is 12.0 Å². The zero-order chi connectivity index (χ0) is 21.3. The molecule has 0 aliphatic carbocycles. The van der Waals surface area contributed by atoms with Crippen LogP contribution in [0.15, 0.2) is 42.5 Å². The molecule has 1 aromatic rings. The largest absolute Gasteiger partial charge is 0.481 e. The lowest BCUT2D eigenvalue weighted by atomic mass is 9.82. The van der Waals surface area contributed by atoms with Gasteiger partial charge in [0, 0.05) is 6.04 Å². The molecular weight excluding hydrogens is 362 g/mol. The lowest BCUT2D eigenvalue weighted by Gasteiger charge is -2.28. The van der Waals surface area contributed by atoms with Crippen molar-refractivity contribution in [2.75, 3.05) is 6.61 Å². The molecule has 28 heavy (non-hydrogen) atoms. The summed E-state index contributed by atoms with van der Waals surface area (Å²) in [6.07, 6.45) is 5.96. The van der Waals surface area contributed by atoms with Gasteiger partial charge in [-0.25, -0.2) is 4.79 Å². The summed E-state index contributed by atoms with van der Waals surface area (Å²) in [6, 6.07) is 6.74. The minimum absolute atomic E-state index is 0.111. The highest BCUT2D eigenvalue weighted by Gasteiger charge is 2.36. The molecule has 152 valence electrons. The molecule has 0 aromatic heterocycles. The number of rotatable bonds is 9. The van der Waals surface area contributed by atoms with Gasteiger partial charge in [0.25, 0.3) is 0 Å². The van der Waals surface area contributed by atoms with Crippen LogP contribution in [0.25, 0.3) is 5.57 Å². The Morgan fingerprint density at radius 2 is 1.79 bits per heavy atom. The van der Waals surface area contributed by atoms with Crippen LogP contribution in [0.5, 0.6) is 0 Å². The first-order valence-electron chi connectivity index (χ1n) is 8.90. The van der Waals surface area contributed by atoms with E-state index in [0.29, 0.717) is 0 Å². The Balaban J connectivity index is 3.03. The third kappa shape index (κ3) is 6.66. The number of aliphatic carboxylic acids is 2. The molecule has 7 nitrogen and oxygen atoms in total. The summed E-state index contributed by atoms with van der Waals surface area (Å²) in [5.74, 6) is -4.08. The highest BCUT2D eigenvalue weighted by atomic mass is 16.4. The van der Waals surface area contributed by atoms with Crippen molar-refractivity contribution in [2.24, 2.45) is 5.41 Å². The molecule has 0 spiro atoms. The zero-order valence-corrected chi connectivity index (χ0v) is 16.3. The molecule has 0 aliphatic rings. The summed E-state index contributed by atoms with van der Waals surface area (Å²) in [5, 5.41) is 30.0. The summed E-state index contributed by atoms with van der Waals surface area (Å²) in [5.41, 5.74) is 1.39. The van der Waals surface area contributed by atoms with Crippen LogP contribution in [0.1, 0.15) is 38.3 Å². The third-order valence-electron chi connectivity index (χ3n) is 4.52. The summed E-state index contributed by atoms with van der Waals surface area (Å²) in [6.45, 7) is 4.63. The van der Waals surface area contributed by atoms with E-state index in [9.17, 15) is 24.6 Å². The predicted octanol–water partition coefficient (Wildman–Crippen LogP) is 2.25. The first-order chi connectivity index (χ1) is 13.1. The number of carbonyl (C=O) groups is 3. The minimum Gasteiger partial charge on any atom is -0.481 e. The number of allylic oxidation sites excluding steroid dienone is 4. The molecule has 0 unspecified atom stereocenters. The van der Waals surface area contributed by atoms with Crippen LogP contribution in [0, 0.1) is 5.41 Å². The fourth-order valence-electron chi connectivity index (χ4n) is 2.71. The molecule has 1 rings (SSSR count). The molecule has 0 bridgehead atoms. The minimum atomic E-state index is -1.65. The number of carboxylic acid groups (broad SMARTS) is 2. The monoisotopic (exact) mass is 389 g/mol. The molecule has 0 radical (unpaired) electrons. The lowest BCUT2D eigenvalue weighted by molar-refractivity contribution is -0.152. The van der Waals surface area contributed by atoms with Crippen molar-refractivity contribution >= 4 is 23.4 Å². The van der Waals surface area contributed by atoms with Crippen LogP contribution in [-0.2, 0) is 20.8 Å². The molecular formula is C21H27NO6. The van der Waals surface area contributed by atoms with E-state index in [1.807, 2.05) is 56.3 Å². The average molecular weight is 389 g/mol. The Morgan fingerprint density at radius 3 is 2.25 bits per heavy atom. The van der Waals surface area contributed by atoms with E-state index < -0.39 is 35.9 Å². The second kappa shape index (κ2) is 10.4. The number of carbonyl (C=O) groups excluding carboxylic acids is 1. The first kappa shape index (κ1) is 23.1. The van der Waals surface area contributed by atoms with Crippen molar-refractivity contribution in [3.63, 3.8) is 0 Å². The second-order valence-electron chi connectivity index (χ2n) is 6.98. The summed E-state index contributed by atoms with van der Waals surface area (Å²) >= 11 is 0. The molecule has 7 heteroatoms. The fourth-order valence-corrected chi connectivity index (χ4v) is 2.71. The van der Waals surface area contributed by atoms with Crippen LogP contribution < -0.4 is 5.32 Å². The number of aliphatic hydroxyl groups is 1. The van der Waals surface area contributed by atoms with Crippen molar-refractivity contribution in [3.8, 4) is 0 Å². The second-order valence-corrected chi connectivity index (χ2v) is 6.98. The van der Waals surface area contributed by atoms with Crippen LogP contribution in [0.4, 0.5) is 0 Å². The molecule has 4 N–H and O–H groups in total. The van der Waals surface area contributed by atoms with E-state index in [-0.39, 0.29) is 12.8 Å². The van der Waals surface area contributed by atoms with Gasteiger partial charge in [0.2, 0.25) is 0 Å². The van der Waals surface area contributed by atoms with Crippen LogP contribution in [0.3, 0.4) is 0 Å². The Kier molecular flexibility index (Phi) is 8.60. The molecule has 0 saturated carbocycles. The lowest BCUT2D eigenvalue weighted by Crippen LogP contribution is -2.46. The van der Waals surface area contributed by atoms with Gasteiger partial charge in [-0.1, -0.05) is 42.5 Å². The van der Waals surface area contributed by atoms with Gasteiger partial charge in [-0.3, -0.25) is 9.59 Å². The Hall–Kier alpha value is -2.93. The van der Waals surface area contributed by atoms with Crippen LogP contribution in [-0.4, -0.2) is 45.8 Å². The summed E-state index contributed by atoms with van der Waals surface area (Å²) in [4.78, 5) is 33.9. The van der Waals surface area contributed by atoms with Gasteiger partial charge in [0.15, 0.2) is 0 Å². The number of hydrogen-bond donors (Lipinski definition) is 4. The number of aliphatic hydroxyl groups excluding tert-OH is 1. The highest BCUT2D eigenvalue weighted by molar-refractivity contribution is 6.31. The zero-order valence-electron chi connectivity index (χ0n) is 16.3.